The third kappa shape index (κ3) is 48.2. The number of aliphatic carboxylic acids is 5. The molecule has 0 fully saturated rings. The Labute approximate surface area is 704 Å². The Morgan fingerprint density at radius 3 is 1.12 bits per heavy atom. The summed E-state index contributed by atoms with van der Waals surface area (Å²) in [5.41, 5.74) is 28.3. The van der Waals surface area contributed by atoms with E-state index in [0.717, 1.165) is 64.2 Å². The maximum Gasteiger partial charge on any atom is 0.326 e. The van der Waals surface area contributed by atoms with E-state index >= 15 is 0 Å². The highest BCUT2D eigenvalue weighted by atomic mass is 16.4. The van der Waals surface area contributed by atoms with Gasteiger partial charge >= 0.3 is 29.8 Å². The van der Waals surface area contributed by atoms with Crippen molar-refractivity contribution >= 4 is 119 Å². The summed E-state index contributed by atoms with van der Waals surface area (Å²) in [5, 5.41) is 77.1. The van der Waals surface area contributed by atoms with Gasteiger partial charge in [0.2, 0.25) is 76.8 Å². The van der Waals surface area contributed by atoms with Crippen molar-refractivity contribution in [2.75, 3.05) is 19.6 Å². The molecule has 0 aliphatic rings. The van der Waals surface area contributed by atoms with Crippen LogP contribution in [0.25, 0.3) is 0 Å². The predicted molar refractivity (Wildman–Crippen MR) is 443 cm³/mol. The normalized spacial score (nSPS) is 14.2. The zero-order valence-electron chi connectivity index (χ0n) is 70.5. The number of primary amides is 1. The van der Waals surface area contributed by atoms with Crippen molar-refractivity contribution in [1.82, 2.24) is 63.8 Å². The highest BCUT2D eigenvalue weighted by molar-refractivity contribution is 6.00. The minimum absolute atomic E-state index is 0.0167. The molecule has 27 N–H and O–H groups in total. The summed E-state index contributed by atoms with van der Waals surface area (Å²) < 4.78 is 0. The van der Waals surface area contributed by atoms with Crippen molar-refractivity contribution in [3.63, 3.8) is 0 Å². The lowest BCUT2D eigenvalue weighted by atomic mass is 9.97. The maximum absolute atomic E-state index is 14.7. The van der Waals surface area contributed by atoms with Crippen LogP contribution in [0.5, 0.6) is 0 Å². The molecule has 0 spiro atoms. The van der Waals surface area contributed by atoms with E-state index in [9.17, 15) is 107 Å². The molecule has 0 saturated carbocycles. The number of nitrogens with zero attached hydrogens (tertiary/aromatic N) is 2. The van der Waals surface area contributed by atoms with Gasteiger partial charge in [-0.3, -0.25) is 91.5 Å². The number of carboxylic acids is 5. The topological polar surface area (TPSA) is 708 Å². The van der Waals surface area contributed by atoms with E-state index in [2.05, 4.69) is 73.8 Å². The zero-order valence-corrected chi connectivity index (χ0v) is 70.5. The number of hydrogen-bond donors (Lipinski definition) is 22. The average Bonchev–Trinajstić information content (AvgIpc) is 0.862. The Bertz CT molecular complexity index is 3620. The van der Waals surface area contributed by atoms with Gasteiger partial charge in [0.25, 0.3) is 0 Å². The summed E-state index contributed by atoms with van der Waals surface area (Å²) in [6, 6.07) is -9.48. The van der Waals surface area contributed by atoms with E-state index in [-0.39, 0.29) is 88.7 Å². The van der Waals surface area contributed by atoms with E-state index < -0.39 is 236 Å². The summed E-state index contributed by atoms with van der Waals surface area (Å²) in [5.74, 6) is -22.0. The van der Waals surface area contributed by atoms with Crippen molar-refractivity contribution in [1.29, 1.82) is 0 Å². The van der Waals surface area contributed by atoms with Gasteiger partial charge in [0.15, 0.2) is 11.9 Å². The molecule has 0 unspecified atom stereocenters. The maximum atomic E-state index is 14.7. The number of amides is 13. The van der Waals surface area contributed by atoms with Gasteiger partial charge in [-0.1, -0.05) is 149 Å². The van der Waals surface area contributed by atoms with E-state index in [1.54, 1.807) is 65.0 Å². The first-order valence-corrected chi connectivity index (χ1v) is 41.2. The molecule has 121 heavy (non-hydrogen) atoms. The first kappa shape index (κ1) is 107. The number of unbranched alkanes of at least 4 members (excludes halogenated alkanes) is 11. The third-order valence-corrected chi connectivity index (χ3v) is 19.6. The van der Waals surface area contributed by atoms with Gasteiger partial charge in [-0.15, -0.1) is 0 Å². The number of nitrogens with two attached hydrogens (primary N) is 5. The van der Waals surface area contributed by atoms with Crippen molar-refractivity contribution in [3.8, 4) is 0 Å². The van der Waals surface area contributed by atoms with E-state index in [1.165, 1.54) is 13.8 Å². The van der Waals surface area contributed by atoms with Crippen molar-refractivity contribution in [3.05, 3.63) is 35.9 Å². The standard InChI is InChI=1S/C79H131N19O23/c1-8-46(5)65(75(118)87-44-60(101)89-56(43-64(108)109)74(117)94-54(35-38-63(106)107)71(114)96-57(77(120)121)42-49-27-21-20-22-28-49)98-72(115)51(30-26-40-86-79(83)84)91-68(111)50(29-25-39-85-78(81)82)92-73(116)55(41-45(3)4)95-70(113)53(34-37-62(104)105)93-69(112)52(33-36-58(80)99)90-67(110)48(7)88-76(119)66(47(6)9-2)97-59(100)31-23-18-16-14-12-10-11-13-15-17-19-24-32-61(102)103/h20-22,27-28,45-48,50-57,65-66H,8-19,23-26,29-44H2,1-7H3,(H2,80,99)(H,87,118)(H,88,119)(H,89,101)(H,90,110)(H,91,111)(H,92,116)(H,93,112)(H,94,117)(H,95,113)(H,96,114)(H,97,100)(H,98,115)(H,102,103)(H,104,105)(H,106,107)(H,108,109)(H,120,121)(H4,81,82,85)(H4,83,84,86)/t46-,47-,48-,50-,51-,52-,53-,54-,55-,56-,57-,65-,66-/m0/s1. The third-order valence-electron chi connectivity index (χ3n) is 19.6. The van der Waals surface area contributed by atoms with Crippen LogP contribution in [0.2, 0.25) is 0 Å². The van der Waals surface area contributed by atoms with Crippen LogP contribution in [0, 0.1) is 17.8 Å². The van der Waals surface area contributed by atoms with Gasteiger partial charge in [0.1, 0.15) is 66.5 Å². The molecule has 1 aromatic carbocycles. The van der Waals surface area contributed by atoms with Gasteiger partial charge in [0.05, 0.1) is 13.0 Å². The van der Waals surface area contributed by atoms with E-state index in [0.29, 0.717) is 24.8 Å². The number of carboxylic acid groups (broad SMARTS) is 5. The Kier molecular flexibility index (Phi) is 53.0. The molecule has 0 aliphatic heterocycles. The van der Waals surface area contributed by atoms with Crippen molar-refractivity contribution < 1.29 is 112 Å². The molecule has 13 amide bonds. The molecule has 42 nitrogen and oxygen atoms in total. The number of benzene rings is 1. The van der Waals surface area contributed by atoms with Crippen LogP contribution in [0.15, 0.2) is 40.3 Å². The molecule has 13 atom stereocenters. The number of carbonyl (C=O) groups is 18. The number of nitrogens with one attached hydrogen (secondary N) is 12. The number of aliphatic imine (C=N–C) groups is 2. The predicted octanol–water partition coefficient (Wildman–Crippen LogP) is -0.956. The Morgan fingerprint density at radius 2 is 0.719 bits per heavy atom. The van der Waals surface area contributed by atoms with E-state index in [4.69, 9.17) is 33.8 Å². The Balaban J connectivity index is 3.53. The fourth-order valence-electron chi connectivity index (χ4n) is 12.4. The highest BCUT2D eigenvalue weighted by Gasteiger charge is 2.38. The van der Waals surface area contributed by atoms with Crippen molar-refractivity contribution in [2.45, 2.75) is 301 Å². The largest absolute Gasteiger partial charge is 0.481 e. The van der Waals surface area contributed by atoms with Crippen molar-refractivity contribution in [2.24, 2.45) is 56.4 Å². The van der Waals surface area contributed by atoms with Crippen LogP contribution in [-0.2, 0) is 92.7 Å². The highest BCUT2D eigenvalue weighted by Crippen LogP contribution is 2.18. The van der Waals surface area contributed by atoms with Gasteiger partial charge in [-0.2, -0.15) is 0 Å². The summed E-state index contributed by atoms with van der Waals surface area (Å²) in [6.45, 7) is 10.1. The van der Waals surface area contributed by atoms with Crippen LogP contribution in [0.1, 0.15) is 234 Å². The van der Waals surface area contributed by atoms with Gasteiger partial charge < -0.3 is 118 Å². The van der Waals surface area contributed by atoms with Crippen LogP contribution in [-0.4, -0.2) is 230 Å². The molecule has 1 aromatic rings. The van der Waals surface area contributed by atoms with E-state index in [1.807, 2.05) is 0 Å². The molecule has 0 bridgehead atoms. The quantitative estimate of drug-likeness (QED) is 0.0212. The summed E-state index contributed by atoms with van der Waals surface area (Å²) in [7, 11) is 0. The second-order valence-electron chi connectivity index (χ2n) is 30.5. The lowest BCUT2D eigenvalue weighted by molar-refractivity contribution is -0.143. The molecule has 0 heterocycles. The lowest BCUT2D eigenvalue weighted by Gasteiger charge is -2.29. The Hall–Kier alpha value is -11.8. The first-order valence-electron chi connectivity index (χ1n) is 41.2. The fraction of sp³-hybridized carbons (Fsp3) is 0.671. The number of guanidine groups is 2. The van der Waals surface area contributed by atoms with Crippen LogP contribution < -0.4 is 92.5 Å². The molecular weight excluding hydrogens is 1580 g/mol. The zero-order chi connectivity index (χ0) is 91.3. The van der Waals surface area contributed by atoms with Gasteiger partial charge in [-0.25, -0.2) is 4.79 Å². The fourth-order valence-corrected chi connectivity index (χ4v) is 12.4. The number of carbonyl (C=O) groups excluding carboxylic acids is 13. The minimum Gasteiger partial charge on any atom is -0.481 e. The molecule has 0 aliphatic carbocycles. The van der Waals surface area contributed by atoms with Crippen LogP contribution in [0.3, 0.4) is 0 Å². The minimum atomic E-state index is -1.99. The lowest BCUT2D eigenvalue weighted by Crippen LogP contribution is -2.60. The second kappa shape index (κ2) is 59.8. The summed E-state index contributed by atoms with van der Waals surface area (Å²) in [4.78, 5) is 247. The van der Waals surface area contributed by atoms with Crippen LogP contribution in [0.4, 0.5) is 0 Å². The summed E-state index contributed by atoms with van der Waals surface area (Å²) >= 11 is 0. The molecule has 0 aromatic heterocycles. The monoisotopic (exact) mass is 1710 g/mol. The average molecular weight is 1720 g/mol. The SMILES string of the molecule is CC[C@H](C)[C@H](NC(=O)CCCCCCCCCCCCCCC(=O)O)C(=O)N[C@@H](C)C(=O)N[C@@H](CCC(N)=O)C(=O)N[C@@H](CCC(=O)O)C(=O)N[C@@H](CC(C)C)C(=O)N[C@@H](CCCN=C(N)N)C(=O)N[C@@H](CCCN=C(N)N)C(=O)N[C@H](C(=O)NCC(=O)N[C@@H](CC(=O)O)C(=O)N[C@@H](CCC(=O)O)C(=O)N[C@@H](Cc1ccccc1)C(=O)O)[C@@H](C)CC. The first-order chi connectivity index (χ1) is 57.1. The molecule has 0 radical (unpaired) electrons. The summed E-state index contributed by atoms with van der Waals surface area (Å²) in [6.07, 6.45) is 6.43. The molecular formula is C79H131N19O23. The molecule has 1 rings (SSSR count). The number of rotatable bonds is 66. The molecule has 0 saturated heterocycles. The Morgan fingerprint density at radius 1 is 0.347 bits per heavy atom. The van der Waals surface area contributed by atoms with Gasteiger partial charge in [-0.05, 0) is 94.4 Å². The smallest absolute Gasteiger partial charge is 0.326 e. The molecule has 680 valence electrons. The molecule has 42 heteroatoms. The van der Waals surface area contributed by atoms with Crippen LogP contribution >= 0.6 is 0 Å². The number of hydrogen-bond acceptors (Lipinski definition) is 20. The second-order valence-corrected chi connectivity index (χ2v) is 30.5. The van der Waals surface area contributed by atoms with Gasteiger partial charge in [0, 0.05) is 51.6 Å².